The smallest absolute Gasteiger partial charge is 0.259 e. The molecule has 1 heterocycles. The highest BCUT2D eigenvalue weighted by Crippen LogP contribution is 2.32. The summed E-state index contributed by atoms with van der Waals surface area (Å²) in [5, 5.41) is 6.46. The molecule has 1 aliphatic heterocycles. The molecule has 2 amide bonds. The fourth-order valence-electron chi connectivity index (χ4n) is 3.02. The van der Waals surface area contributed by atoms with Crippen molar-refractivity contribution in [2.45, 2.75) is 13.5 Å². The zero-order chi connectivity index (χ0) is 23.0. The van der Waals surface area contributed by atoms with E-state index in [1.54, 1.807) is 18.2 Å². The molecular weight excluding hydrogens is 422 g/mol. The summed E-state index contributed by atoms with van der Waals surface area (Å²) >= 11 is 0. The van der Waals surface area contributed by atoms with Crippen molar-refractivity contribution >= 4 is 18.0 Å². The third-order valence-electron chi connectivity index (χ3n) is 4.85. The minimum atomic E-state index is -0.446. The summed E-state index contributed by atoms with van der Waals surface area (Å²) in [5.41, 5.74) is 5.86. The van der Waals surface area contributed by atoms with Crippen LogP contribution in [0.1, 0.15) is 27.0 Å². The molecule has 3 aromatic carbocycles. The van der Waals surface area contributed by atoms with Crippen molar-refractivity contribution < 1.29 is 23.8 Å². The van der Waals surface area contributed by atoms with Gasteiger partial charge in [0.15, 0.2) is 11.5 Å². The fourth-order valence-corrected chi connectivity index (χ4v) is 3.02. The van der Waals surface area contributed by atoms with Crippen molar-refractivity contribution in [3.8, 4) is 17.2 Å². The van der Waals surface area contributed by atoms with E-state index in [4.69, 9.17) is 14.2 Å². The number of rotatable bonds is 8. The Labute approximate surface area is 191 Å². The Bertz CT molecular complexity index is 1160. The van der Waals surface area contributed by atoms with Crippen molar-refractivity contribution in [3.05, 3.63) is 89.0 Å². The summed E-state index contributed by atoms with van der Waals surface area (Å²) in [6, 6.07) is 20.3. The lowest BCUT2D eigenvalue weighted by Crippen LogP contribution is -2.34. The van der Waals surface area contributed by atoms with E-state index >= 15 is 0 Å². The molecule has 8 heteroatoms. The molecule has 0 radical (unpaired) electrons. The largest absolute Gasteiger partial charge is 0.489 e. The molecule has 0 bridgehead atoms. The highest BCUT2D eigenvalue weighted by Gasteiger charge is 2.16. The summed E-state index contributed by atoms with van der Waals surface area (Å²) in [6.07, 6.45) is 1.52. The van der Waals surface area contributed by atoms with E-state index in [2.05, 4.69) is 28.0 Å². The number of carbonyl (C=O) groups is 2. The van der Waals surface area contributed by atoms with Crippen LogP contribution in [0.5, 0.6) is 17.2 Å². The number of hydrogen-bond acceptors (Lipinski definition) is 6. The van der Waals surface area contributed by atoms with Crippen molar-refractivity contribution in [1.82, 2.24) is 10.7 Å². The maximum absolute atomic E-state index is 12.2. The molecule has 2 N–H and O–H groups in total. The third kappa shape index (κ3) is 6.10. The van der Waals surface area contributed by atoms with Gasteiger partial charge in [-0.05, 0) is 60.5 Å². The predicted octanol–water partition coefficient (Wildman–Crippen LogP) is 3.18. The standard InChI is InChI=1S/C25H23N3O5/c1-17-2-4-19(5-3-17)15-31-21-9-6-18(7-10-21)13-27-28-24(29)14-26-25(30)20-8-11-22-23(12-20)33-16-32-22/h2-13H,14-16H2,1H3,(H,26,30)(H,28,29)/b27-13-. The highest BCUT2D eigenvalue weighted by atomic mass is 16.7. The molecule has 33 heavy (non-hydrogen) atoms. The van der Waals surface area contributed by atoms with Gasteiger partial charge in [-0.2, -0.15) is 5.10 Å². The second-order valence-electron chi connectivity index (χ2n) is 7.39. The summed E-state index contributed by atoms with van der Waals surface area (Å²) in [7, 11) is 0. The normalized spacial score (nSPS) is 11.9. The molecular formula is C25H23N3O5. The first-order valence-electron chi connectivity index (χ1n) is 10.3. The van der Waals surface area contributed by atoms with E-state index in [0.29, 0.717) is 23.7 Å². The van der Waals surface area contributed by atoms with E-state index < -0.39 is 11.8 Å². The quantitative estimate of drug-likeness (QED) is 0.410. The van der Waals surface area contributed by atoms with Gasteiger partial charge >= 0.3 is 0 Å². The number of amides is 2. The van der Waals surface area contributed by atoms with Crippen LogP contribution in [0.3, 0.4) is 0 Å². The van der Waals surface area contributed by atoms with Crippen LogP contribution in [-0.4, -0.2) is 31.4 Å². The first kappa shape index (κ1) is 21.9. The van der Waals surface area contributed by atoms with Gasteiger partial charge in [0.2, 0.25) is 6.79 Å². The van der Waals surface area contributed by atoms with Crippen LogP contribution in [0.4, 0.5) is 0 Å². The minimum absolute atomic E-state index is 0.129. The summed E-state index contributed by atoms with van der Waals surface area (Å²) < 4.78 is 16.2. The van der Waals surface area contributed by atoms with E-state index in [0.717, 1.165) is 16.9 Å². The second kappa shape index (κ2) is 10.3. The molecule has 0 aliphatic carbocycles. The molecule has 1 aliphatic rings. The number of benzene rings is 3. The Morgan fingerprint density at radius 1 is 1.00 bits per heavy atom. The Morgan fingerprint density at radius 3 is 2.55 bits per heavy atom. The first-order valence-corrected chi connectivity index (χ1v) is 10.3. The second-order valence-corrected chi connectivity index (χ2v) is 7.39. The number of aryl methyl sites for hydroxylation is 1. The first-order chi connectivity index (χ1) is 16.1. The molecule has 168 valence electrons. The number of hydrazone groups is 1. The minimum Gasteiger partial charge on any atom is -0.489 e. The number of ether oxygens (including phenoxy) is 3. The zero-order valence-corrected chi connectivity index (χ0v) is 18.0. The topological polar surface area (TPSA) is 98.2 Å². The molecule has 0 saturated heterocycles. The van der Waals surface area contributed by atoms with Gasteiger partial charge in [0.05, 0.1) is 12.8 Å². The maximum Gasteiger partial charge on any atom is 0.259 e. The van der Waals surface area contributed by atoms with Gasteiger partial charge in [0.25, 0.3) is 11.8 Å². The van der Waals surface area contributed by atoms with Crippen molar-refractivity contribution in [2.24, 2.45) is 5.10 Å². The van der Waals surface area contributed by atoms with E-state index in [1.165, 1.54) is 11.8 Å². The van der Waals surface area contributed by atoms with Gasteiger partial charge in [0, 0.05) is 5.56 Å². The van der Waals surface area contributed by atoms with Crippen LogP contribution in [0, 0.1) is 6.92 Å². The van der Waals surface area contributed by atoms with Gasteiger partial charge in [-0.3, -0.25) is 9.59 Å². The van der Waals surface area contributed by atoms with Gasteiger partial charge in [-0.25, -0.2) is 5.43 Å². The molecule has 0 spiro atoms. The zero-order valence-electron chi connectivity index (χ0n) is 18.0. The fraction of sp³-hybridized carbons (Fsp3) is 0.160. The van der Waals surface area contributed by atoms with Crippen LogP contribution in [-0.2, 0) is 11.4 Å². The van der Waals surface area contributed by atoms with Crippen molar-refractivity contribution in [3.63, 3.8) is 0 Å². The van der Waals surface area contributed by atoms with E-state index in [9.17, 15) is 9.59 Å². The van der Waals surface area contributed by atoms with Crippen LogP contribution < -0.4 is 25.0 Å². The molecule has 0 aromatic heterocycles. The molecule has 0 unspecified atom stereocenters. The maximum atomic E-state index is 12.2. The Hall–Kier alpha value is -4.33. The monoisotopic (exact) mass is 445 g/mol. The number of carbonyl (C=O) groups excluding carboxylic acids is 2. The number of hydrogen-bond donors (Lipinski definition) is 2. The summed E-state index contributed by atoms with van der Waals surface area (Å²) in [6.45, 7) is 2.45. The van der Waals surface area contributed by atoms with E-state index in [-0.39, 0.29) is 13.3 Å². The Balaban J connectivity index is 1.19. The van der Waals surface area contributed by atoms with Gasteiger partial charge < -0.3 is 19.5 Å². The van der Waals surface area contributed by atoms with Gasteiger partial charge in [0.1, 0.15) is 12.4 Å². The van der Waals surface area contributed by atoms with Crippen LogP contribution in [0.25, 0.3) is 0 Å². The van der Waals surface area contributed by atoms with Crippen LogP contribution in [0.2, 0.25) is 0 Å². The molecule has 4 rings (SSSR count). The van der Waals surface area contributed by atoms with Crippen LogP contribution in [0.15, 0.2) is 71.8 Å². The lowest BCUT2D eigenvalue weighted by Gasteiger charge is -2.07. The lowest BCUT2D eigenvalue weighted by molar-refractivity contribution is -0.120. The van der Waals surface area contributed by atoms with E-state index in [1.807, 2.05) is 43.3 Å². The molecule has 3 aromatic rings. The third-order valence-corrected chi connectivity index (χ3v) is 4.85. The number of nitrogens with one attached hydrogen (secondary N) is 2. The van der Waals surface area contributed by atoms with Gasteiger partial charge in [-0.1, -0.05) is 29.8 Å². The van der Waals surface area contributed by atoms with Crippen LogP contribution >= 0.6 is 0 Å². The summed E-state index contributed by atoms with van der Waals surface area (Å²) in [4.78, 5) is 24.1. The average molecular weight is 445 g/mol. The molecule has 0 fully saturated rings. The Morgan fingerprint density at radius 2 is 1.76 bits per heavy atom. The van der Waals surface area contributed by atoms with Crippen molar-refractivity contribution in [2.75, 3.05) is 13.3 Å². The predicted molar refractivity (Wildman–Crippen MR) is 123 cm³/mol. The summed E-state index contributed by atoms with van der Waals surface area (Å²) in [5.74, 6) is 0.989. The highest BCUT2D eigenvalue weighted by molar-refractivity contribution is 5.97. The molecule has 0 atom stereocenters. The molecule has 8 nitrogen and oxygen atoms in total. The van der Waals surface area contributed by atoms with Gasteiger partial charge in [-0.15, -0.1) is 0 Å². The average Bonchev–Trinajstić information content (AvgIpc) is 3.31. The Kier molecular flexibility index (Phi) is 6.84. The van der Waals surface area contributed by atoms with Crippen molar-refractivity contribution in [1.29, 1.82) is 0 Å². The SMILES string of the molecule is Cc1ccc(COc2ccc(/C=N\NC(=O)CNC(=O)c3ccc4c(c3)OCO4)cc2)cc1. The lowest BCUT2D eigenvalue weighted by atomic mass is 10.2. The molecule has 0 saturated carbocycles. The number of fused-ring (bicyclic) bond motifs is 1. The number of nitrogens with zero attached hydrogens (tertiary/aromatic N) is 1.